The molecule has 0 bridgehead atoms. The Labute approximate surface area is 200 Å². The fourth-order valence-corrected chi connectivity index (χ4v) is 4.89. The molecule has 0 nitrogen and oxygen atoms in total. The van der Waals surface area contributed by atoms with Crippen molar-refractivity contribution in [2.75, 3.05) is 0 Å². The summed E-state index contributed by atoms with van der Waals surface area (Å²) in [6.07, 6.45) is 0. The molecule has 0 atom stereocenters. The van der Waals surface area contributed by atoms with Crippen LogP contribution in [-0.2, 0) is 0 Å². The van der Waals surface area contributed by atoms with Gasteiger partial charge in [0.15, 0.2) is 0 Å². The first kappa shape index (κ1) is 20.2. The minimum absolute atomic E-state index is 1.26. The fourth-order valence-electron chi connectivity index (χ4n) is 4.89. The number of hydrogen-bond donors (Lipinski definition) is 0. The van der Waals surface area contributed by atoms with E-state index in [-0.39, 0.29) is 0 Å². The van der Waals surface area contributed by atoms with Gasteiger partial charge >= 0.3 is 0 Å². The SMILES string of the molecule is c1cc2ccc3cccc4ccc(c1)c2c34.c1ccc(-c2ccccc2-c2ccccc2)cc1. The van der Waals surface area contributed by atoms with Gasteiger partial charge in [-0.3, -0.25) is 0 Å². The van der Waals surface area contributed by atoms with Gasteiger partial charge in [0.2, 0.25) is 0 Å². The van der Waals surface area contributed by atoms with Crippen molar-refractivity contribution in [1.29, 1.82) is 0 Å². The van der Waals surface area contributed by atoms with Crippen molar-refractivity contribution < 1.29 is 0 Å². The van der Waals surface area contributed by atoms with Crippen LogP contribution >= 0.6 is 0 Å². The maximum Gasteiger partial charge on any atom is -0.00268 e. The third-order valence-corrected chi connectivity index (χ3v) is 6.49. The van der Waals surface area contributed by atoms with Gasteiger partial charge in [-0.2, -0.15) is 0 Å². The summed E-state index contributed by atoms with van der Waals surface area (Å²) in [5.41, 5.74) is 5.09. The largest absolute Gasteiger partial charge is 0.0622 e. The second-order valence-corrected chi connectivity index (χ2v) is 8.57. The van der Waals surface area contributed by atoms with Gasteiger partial charge in [0.1, 0.15) is 0 Å². The lowest BCUT2D eigenvalue weighted by atomic mass is 9.95. The molecule has 0 aliphatic rings. The van der Waals surface area contributed by atoms with Crippen LogP contribution in [-0.4, -0.2) is 0 Å². The van der Waals surface area contributed by atoms with Crippen LogP contribution in [0.3, 0.4) is 0 Å². The van der Waals surface area contributed by atoms with Crippen molar-refractivity contribution in [2.24, 2.45) is 0 Å². The molecule has 0 unspecified atom stereocenters. The molecular formula is C34H24. The molecule has 0 radical (unpaired) electrons. The topological polar surface area (TPSA) is 0 Å². The average molecular weight is 433 g/mol. The van der Waals surface area contributed by atoms with Crippen LogP contribution in [0.5, 0.6) is 0 Å². The van der Waals surface area contributed by atoms with E-state index in [1.807, 2.05) is 0 Å². The van der Waals surface area contributed by atoms with Crippen LogP contribution in [0.4, 0.5) is 0 Å². The molecule has 0 aromatic heterocycles. The lowest BCUT2D eigenvalue weighted by molar-refractivity contribution is 1.58. The second-order valence-electron chi connectivity index (χ2n) is 8.57. The van der Waals surface area contributed by atoms with E-state index in [2.05, 4.69) is 146 Å². The highest BCUT2D eigenvalue weighted by Crippen LogP contribution is 2.34. The zero-order chi connectivity index (χ0) is 22.7. The molecule has 0 saturated heterocycles. The molecule has 0 heteroatoms. The van der Waals surface area contributed by atoms with E-state index in [1.165, 1.54) is 54.6 Å². The van der Waals surface area contributed by atoms with Crippen LogP contribution in [0.1, 0.15) is 0 Å². The lowest BCUT2D eigenvalue weighted by Crippen LogP contribution is -1.83. The molecule has 0 aliphatic carbocycles. The molecule has 0 aliphatic heterocycles. The Morgan fingerprint density at radius 3 is 0.912 bits per heavy atom. The van der Waals surface area contributed by atoms with E-state index >= 15 is 0 Å². The van der Waals surface area contributed by atoms with Gasteiger partial charge in [0.05, 0.1) is 0 Å². The zero-order valence-corrected chi connectivity index (χ0v) is 18.9. The van der Waals surface area contributed by atoms with Gasteiger partial charge in [-0.15, -0.1) is 0 Å². The van der Waals surface area contributed by atoms with E-state index in [0.29, 0.717) is 0 Å². The third kappa shape index (κ3) is 3.70. The average Bonchev–Trinajstić information content (AvgIpc) is 2.93. The van der Waals surface area contributed by atoms with Crippen molar-refractivity contribution in [3.63, 3.8) is 0 Å². The Morgan fingerprint density at radius 1 is 0.235 bits per heavy atom. The quantitative estimate of drug-likeness (QED) is 0.239. The van der Waals surface area contributed by atoms with Gasteiger partial charge in [0.25, 0.3) is 0 Å². The molecule has 0 spiro atoms. The normalized spacial score (nSPS) is 10.9. The highest BCUT2D eigenvalue weighted by Gasteiger charge is 2.06. The maximum absolute atomic E-state index is 2.21. The minimum atomic E-state index is 1.26. The highest BCUT2D eigenvalue weighted by molar-refractivity contribution is 6.22. The number of rotatable bonds is 2. The molecule has 0 amide bonds. The van der Waals surface area contributed by atoms with Crippen LogP contribution in [0.2, 0.25) is 0 Å². The molecule has 7 rings (SSSR count). The standard InChI is InChI=1S/C18H14.C16H10/c1-3-9-15(10-4-1)17-13-7-8-14-18(17)16-11-5-2-6-12-16;1-3-11-7-9-13-5-2-6-14-10-8-12(4-1)15(11)16(13)14/h1-14H;1-10H. The van der Waals surface area contributed by atoms with Crippen molar-refractivity contribution in [3.05, 3.63) is 146 Å². The van der Waals surface area contributed by atoms with Crippen molar-refractivity contribution >= 4 is 32.3 Å². The monoisotopic (exact) mass is 432 g/mol. The molecule has 34 heavy (non-hydrogen) atoms. The Hall–Kier alpha value is -4.42. The molecule has 0 saturated carbocycles. The Morgan fingerprint density at radius 2 is 0.559 bits per heavy atom. The molecule has 0 heterocycles. The Kier molecular flexibility index (Phi) is 5.26. The minimum Gasteiger partial charge on any atom is -0.0622 e. The maximum atomic E-state index is 2.21. The second kappa shape index (κ2) is 8.84. The Bertz CT molecular complexity index is 1490. The van der Waals surface area contributed by atoms with E-state index < -0.39 is 0 Å². The van der Waals surface area contributed by atoms with Gasteiger partial charge < -0.3 is 0 Å². The smallest absolute Gasteiger partial charge is 0.00268 e. The van der Waals surface area contributed by atoms with Gasteiger partial charge in [-0.1, -0.05) is 146 Å². The van der Waals surface area contributed by atoms with Crippen molar-refractivity contribution in [2.45, 2.75) is 0 Å². The van der Waals surface area contributed by atoms with E-state index in [1.54, 1.807) is 0 Å². The van der Waals surface area contributed by atoms with E-state index in [0.717, 1.165) is 0 Å². The van der Waals surface area contributed by atoms with Gasteiger partial charge in [-0.05, 0) is 54.6 Å². The van der Waals surface area contributed by atoms with Gasteiger partial charge in [0, 0.05) is 0 Å². The van der Waals surface area contributed by atoms with Gasteiger partial charge in [-0.25, -0.2) is 0 Å². The number of hydrogen-bond acceptors (Lipinski definition) is 0. The van der Waals surface area contributed by atoms with Crippen molar-refractivity contribution in [1.82, 2.24) is 0 Å². The lowest BCUT2D eigenvalue weighted by Gasteiger charge is -2.09. The zero-order valence-electron chi connectivity index (χ0n) is 18.9. The van der Waals surface area contributed by atoms with E-state index in [9.17, 15) is 0 Å². The summed E-state index contributed by atoms with van der Waals surface area (Å²) in [7, 11) is 0. The first-order valence-electron chi connectivity index (χ1n) is 11.7. The van der Waals surface area contributed by atoms with Crippen LogP contribution in [0, 0.1) is 0 Å². The summed E-state index contributed by atoms with van der Waals surface area (Å²) in [4.78, 5) is 0. The van der Waals surface area contributed by atoms with E-state index in [4.69, 9.17) is 0 Å². The predicted molar refractivity (Wildman–Crippen MR) is 147 cm³/mol. The van der Waals surface area contributed by atoms with Crippen LogP contribution < -0.4 is 0 Å². The summed E-state index contributed by atoms with van der Waals surface area (Å²) in [5, 5.41) is 8.14. The highest BCUT2D eigenvalue weighted by atomic mass is 14.1. The molecule has 160 valence electrons. The van der Waals surface area contributed by atoms with Crippen molar-refractivity contribution in [3.8, 4) is 22.3 Å². The molecular weight excluding hydrogens is 408 g/mol. The molecule has 7 aromatic carbocycles. The van der Waals surface area contributed by atoms with Crippen LogP contribution in [0.25, 0.3) is 54.6 Å². The first-order valence-corrected chi connectivity index (χ1v) is 11.7. The third-order valence-electron chi connectivity index (χ3n) is 6.49. The first-order chi connectivity index (χ1) is 16.9. The molecule has 0 fully saturated rings. The fraction of sp³-hybridized carbons (Fsp3) is 0. The Balaban J connectivity index is 0.000000128. The molecule has 0 N–H and O–H groups in total. The summed E-state index contributed by atoms with van der Waals surface area (Å²) >= 11 is 0. The van der Waals surface area contributed by atoms with Crippen LogP contribution in [0.15, 0.2) is 146 Å². The molecule has 7 aromatic rings. The predicted octanol–water partition coefficient (Wildman–Crippen LogP) is 9.60. The summed E-state index contributed by atoms with van der Waals surface area (Å²) < 4.78 is 0. The summed E-state index contributed by atoms with van der Waals surface area (Å²) in [6.45, 7) is 0. The summed E-state index contributed by atoms with van der Waals surface area (Å²) in [5.74, 6) is 0. The summed E-state index contributed by atoms with van der Waals surface area (Å²) in [6, 6.07) is 51.4. The number of benzene rings is 7.